The quantitative estimate of drug-likeness (QED) is 0.0468. The summed E-state index contributed by atoms with van der Waals surface area (Å²) in [6.45, 7) is 11.0. The van der Waals surface area contributed by atoms with Crippen LogP contribution in [-0.4, -0.2) is 126 Å². The number of esters is 1. The first-order valence-corrected chi connectivity index (χ1v) is 22.4. The molecule has 0 aromatic heterocycles. The third-order valence-electron chi connectivity index (χ3n) is 11.4. The first-order chi connectivity index (χ1) is 30.0. The van der Waals surface area contributed by atoms with E-state index in [0.29, 0.717) is 39.1 Å². The number of carboxylic acids is 1. The standard InChI is InChI=1S/C48H68N4O11/c1-33(2)26-38(41(53)29-37(28-36-16-10-7-11-17-36)46(59)50-39(27-34(3)4)45(58)48(5)31-63-48)49-47(60)40(21-20-35-14-8-6-9-15-35)52(42(54)30-51-22-24-61-25-23-51)32-62-44(57)19-13-12-18-43(55)56/h6-11,14-17,33-34,37-40H,12-13,18-32H2,1-5H3,(H,49,60)(H,50,59)(H,55,56)/t37-,38+,39+,40+,48-/m1/s1. The lowest BCUT2D eigenvalue weighted by atomic mass is 9.87. The molecule has 15 nitrogen and oxygen atoms in total. The van der Waals surface area contributed by atoms with Gasteiger partial charge in [0.15, 0.2) is 18.3 Å². The number of aliphatic carboxylic acids is 1. The Morgan fingerprint density at radius 2 is 1.38 bits per heavy atom. The van der Waals surface area contributed by atoms with Crippen molar-refractivity contribution in [1.29, 1.82) is 0 Å². The van der Waals surface area contributed by atoms with Gasteiger partial charge in [-0.2, -0.15) is 0 Å². The summed E-state index contributed by atoms with van der Waals surface area (Å²) in [5, 5.41) is 14.9. The zero-order chi connectivity index (χ0) is 45.9. The van der Waals surface area contributed by atoms with Crippen molar-refractivity contribution in [1.82, 2.24) is 20.4 Å². The molecule has 2 saturated heterocycles. The van der Waals surface area contributed by atoms with Gasteiger partial charge in [0.25, 0.3) is 0 Å². The molecule has 0 unspecified atom stereocenters. The molecule has 5 atom stereocenters. The molecule has 0 radical (unpaired) electrons. The highest BCUT2D eigenvalue weighted by Crippen LogP contribution is 2.30. The SMILES string of the molecule is CC(C)C[C@H](NC(=O)[C@H](CCc1ccccc1)N(COC(=O)CCCCC(=O)O)C(=O)CN1CCOCC1)C(=O)C[C@@H](Cc1ccccc1)C(=O)N[C@@H](CC(C)C)C(=O)[C@@]1(C)CO1. The number of aryl methyl sites for hydroxylation is 1. The molecule has 0 aliphatic carbocycles. The van der Waals surface area contributed by atoms with Crippen molar-refractivity contribution in [2.24, 2.45) is 17.8 Å². The number of amides is 3. The fraction of sp³-hybridized carbons (Fsp3) is 0.604. The lowest BCUT2D eigenvalue weighted by Gasteiger charge is -2.34. The minimum atomic E-state index is -1.17. The van der Waals surface area contributed by atoms with Crippen LogP contribution in [0, 0.1) is 17.8 Å². The lowest BCUT2D eigenvalue weighted by molar-refractivity contribution is -0.159. The number of ether oxygens (including phenoxy) is 3. The van der Waals surface area contributed by atoms with E-state index in [1.807, 2.05) is 93.3 Å². The minimum absolute atomic E-state index is 0.0584. The molecule has 3 amide bonds. The highest BCUT2D eigenvalue weighted by atomic mass is 16.6. The molecule has 2 aromatic rings. The number of benzene rings is 2. The maximum absolute atomic E-state index is 14.7. The largest absolute Gasteiger partial charge is 0.481 e. The number of hydrogen-bond donors (Lipinski definition) is 3. The zero-order valence-corrected chi connectivity index (χ0v) is 37.7. The van der Waals surface area contributed by atoms with Crippen LogP contribution in [0.4, 0.5) is 0 Å². The lowest BCUT2D eigenvalue weighted by Crippen LogP contribution is -2.56. The van der Waals surface area contributed by atoms with Gasteiger partial charge in [-0.15, -0.1) is 0 Å². The molecule has 0 spiro atoms. The summed E-state index contributed by atoms with van der Waals surface area (Å²) in [6, 6.07) is 15.7. The van der Waals surface area contributed by atoms with Crippen molar-refractivity contribution in [2.45, 2.75) is 123 Å². The number of nitrogens with one attached hydrogen (secondary N) is 2. The molecule has 4 rings (SSSR count). The van der Waals surface area contributed by atoms with Gasteiger partial charge in [0, 0.05) is 38.3 Å². The third kappa shape index (κ3) is 17.6. The summed E-state index contributed by atoms with van der Waals surface area (Å²) < 4.78 is 16.5. The van der Waals surface area contributed by atoms with Crippen LogP contribution in [0.2, 0.25) is 0 Å². The number of carbonyl (C=O) groups is 7. The molecule has 2 heterocycles. The van der Waals surface area contributed by atoms with E-state index in [9.17, 15) is 33.6 Å². The number of nitrogens with zero attached hydrogens (tertiary/aromatic N) is 2. The Balaban J connectivity index is 1.62. The van der Waals surface area contributed by atoms with Crippen LogP contribution >= 0.6 is 0 Å². The Labute approximate surface area is 371 Å². The topological polar surface area (TPSA) is 201 Å². The number of hydrogen-bond acceptors (Lipinski definition) is 11. The van der Waals surface area contributed by atoms with Crippen molar-refractivity contribution in [2.75, 3.05) is 46.2 Å². The van der Waals surface area contributed by atoms with Crippen LogP contribution in [0.3, 0.4) is 0 Å². The summed E-state index contributed by atoms with van der Waals surface area (Å²) in [5.41, 5.74) is 0.775. The maximum Gasteiger partial charge on any atom is 0.307 e. The van der Waals surface area contributed by atoms with Gasteiger partial charge in [-0.3, -0.25) is 43.4 Å². The van der Waals surface area contributed by atoms with Crippen LogP contribution < -0.4 is 10.6 Å². The molecule has 15 heteroatoms. The van der Waals surface area contributed by atoms with Crippen LogP contribution in [0.1, 0.15) is 97.1 Å². The van der Waals surface area contributed by atoms with Crippen LogP contribution in [0.5, 0.6) is 0 Å². The Bertz CT molecular complexity index is 1810. The highest BCUT2D eigenvalue weighted by molar-refractivity contribution is 5.98. The van der Waals surface area contributed by atoms with E-state index >= 15 is 0 Å². The molecule has 0 bridgehead atoms. The minimum Gasteiger partial charge on any atom is -0.481 e. The predicted octanol–water partition coefficient (Wildman–Crippen LogP) is 4.53. The summed E-state index contributed by atoms with van der Waals surface area (Å²) in [6.07, 6.45) is 1.51. The van der Waals surface area contributed by atoms with E-state index in [1.54, 1.807) is 6.92 Å². The second-order valence-corrected chi connectivity index (χ2v) is 17.9. The van der Waals surface area contributed by atoms with Crippen LogP contribution in [-0.2, 0) is 60.6 Å². The van der Waals surface area contributed by atoms with Gasteiger partial charge in [-0.05, 0) is 74.8 Å². The number of Topliss-reactive ketones (excluding diaryl/α,β-unsaturated/α-hetero) is 2. The Morgan fingerprint density at radius 3 is 1.97 bits per heavy atom. The number of epoxide rings is 1. The predicted molar refractivity (Wildman–Crippen MR) is 235 cm³/mol. The molecule has 2 aliphatic heterocycles. The van der Waals surface area contributed by atoms with Crippen LogP contribution in [0.15, 0.2) is 60.7 Å². The first kappa shape index (κ1) is 50.7. The maximum atomic E-state index is 14.7. The second kappa shape index (κ2) is 25.3. The Hall–Kier alpha value is -4.99. The van der Waals surface area contributed by atoms with E-state index in [4.69, 9.17) is 19.3 Å². The van der Waals surface area contributed by atoms with E-state index in [0.717, 1.165) is 11.1 Å². The van der Waals surface area contributed by atoms with Crippen molar-refractivity contribution >= 4 is 41.2 Å². The van der Waals surface area contributed by atoms with Gasteiger partial charge in [0.1, 0.15) is 11.6 Å². The third-order valence-corrected chi connectivity index (χ3v) is 11.4. The average molecular weight is 877 g/mol. The molecule has 2 aromatic carbocycles. The first-order valence-electron chi connectivity index (χ1n) is 22.4. The molecular weight excluding hydrogens is 809 g/mol. The van der Waals surface area contributed by atoms with Gasteiger partial charge in [0.05, 0.1) is 38.4 Å². The molecule has 2 aliphatic rings. The van der Waals surface area contributed by atoms with Crippen LogP contribution in [0.25, 0.3) is 0 Å². The van der Waals surface area contributed by atoms with Crippen molar-refractivity contribution < 1.29 is 52.9 Å². The van der Waals surface area contributed by atoms with E-state index in [-0.39, 0.29) is 87.9 Å². The molecule has 0 saturated carbocycles. The van der Waals surface area contributed by atoms with Gasteiger partial charge in [-0.1, -0.05) is 88.4 Å². The Morgan fingerprint density at radius 1 is 0.810 bits per heavy atom. The van der Waals surface area contributed by atoms with E-state index in [2.05, 4.69) is 10.6 Å². The molecular formula is C48H68N4O11. The smallest absolute Gasteiger partial charge is 0.307 e. The highest BCUT2D eigenvalue weighted by Gasteiger charge is 2.50. The van der Waals surface area contributed by atoms with Crippen molar-refractivity contribution in [3.8, 4) is 0 Å². The van der Waals surface area contributed by atoms with Crippen molar-refractivity contribution in [3.05, 3.63) is 71.8 Å². The zero-order valence-electron chi connectivity index (χ0n) is 37.7. The number of unbranched alkanes of at least 4 members (excludes halogenated alkanes) is 1. The fourth-order valence-corrected chi connectivity index (χ4v) is 7.68. The summed E-state index contributed by atoms with van der Waals surface area (Å²) in [4.78, 5) is 98.3. The molecule has 63 heavy (non-hydrogen) atoms. The number of ketones is 2. The Kier molecular flexibility index (Phi) is 20.4. The van der Waals surface area contributed by atoms with Gasteiger partial charge in [0.2, 0.25) is 17.7 Å². The summed E-state index contributed by atoms with van der Waals surface area (Å²) in [7, 11) is 0. The second-order valence-electron chi connectivity index (χ2n) is 17.9. The average Bonchev–Trinajstić information content (AvgIpc) is 4.01. The monoisotopic (exact) mass is 876 g/mol. The number of rotatable bonds is 28. The number of carboxylic acid groups (broad SMARTS) is 1. The van der Waals surface area contributed by atoms with Crippen molar-refractivity contribution in [3.63, 3.8) is 0 Å². The molecule has 346 valence electrons. The molecule has 2 fully saturated rings. The van der Waals surface area contributed by atoms with E-state index in [1.165, 1.54) is 4.90 Å². The van der Waals surface area contributed by atoms with Gasteiger partial charge in [-0.25, -0.2) is 0 Å². The summed E-state index contributed by atoms with van der Waals surface area (Å²) in [5.74, 6) is -4.56. The number of carbonyl (C=O) groups excluding carboxylic acids is 6. The van der Waals surface area contributed by atoms with E-state index < -0.39 is 66.0 Å². The fourth-order valence-electron chi connectivity index (χ4n) is 7.68. The molecule has 3 N–H and O–H groups in total. The number of morpholine rings is 1. The van der Waals surface area contributed by atoms with Gasteiger partial charge < -0.3 is 30.0 Å². The van der Waals surface area contributed by atoms with Gasteiger partial charge >= 0.3 is 11.9 Å². The normalized spacial score (nSPS) is 18.1. The summed E-state index contributed by atoms with van der Waals surface area (Å²) >= 11 is 0.